The summed E-state index contributed by atoms with van der Waals surface area (Å²) >= 11 is 4.80. The lowest BCUT2D eigenvalue weighted by Gasteiger charge is -2.18. The molecule has 0 aliphatic carbocycles. The fourth-order valence-corrected chi connectivity index (χ4v) is 2.53. The predicted molar refractivity (Wildman–Crippen MR) is 77.2 cm³/mol. The maximum absolute atomic E-state index is 11.6. The van der Waals surface area contributed by atoms with Gasteiger partial charge >= 0.3 is 6.09 Å². The van der Waals surface area contributed by atoms with E-state index in [0.29, 0.717) is 5.13 Å². The number of carbonyl (C=O) groups excluding carboxylic acids is 1. The van der Waals surface area contributed by atoms with Crippen molar-refractivity contribution in [1.82, 2.24) is 4.98 Å². The third-order valence-electron chi connectivity index (χ3n) is 1.96. The van der Waals surface area contributed by atoms with E-state index in [-0.39, 0.29) is 0 Å². The zero-order valence-corrected chi connectivity index (χ0v) is 12.7. The SMILES string of the molecule is CC(C)(C)OC(=O)Nc1nc2cc(Br)ccc2s1. The van der Waals surface area contributed by atoms with Crippen LogP contribution in [-0.4, -0.2) is 16.7 Å². The zero-order valence-electron chi connectivity index (χ0n) is 10.3. The first-order valence-electron chi connectivity index (χ1n) is 5.39. The first-order valence-corrected chi connectivity index (χ1v) is 7.00. The van der Waals surface area contributed by atoms with E-state index in [1.54, 1.807) is 0 Å². The molecule has 1 heterocycles. The summed E-state index contributed by atoms with van der Waals surface area (Å²) < 4.78 is 7.15. The first kappa shape index (κ1) is 13.3. The van der Waals surface area contributed by atoms with E-state index in [2.05, 4.69) is 26.2 Å². The highest BCUT2D eigenvalue weighted by Gasteiger charge is 2.17. The van der Waals surface area contributed by atoms with Crippen LogP contribution in [0.15, 0.2) is 22.7 Å². The van der Waals surface area contributed by atoms with Gasteiger partial charge in [0, 0.05) is 4.47 Å². The summed E-state index contributed by atoms with van der Waals surface area (Å²) in [7, 11) is 0. The van der Waals surface area contributed by atoms with Gasteiger partial charge in [-0.25, -0.2) is 9.78 Å². The summed E-state index contributed by atoms with van der Waals surface area (Å²) in [6.45, 7) is 5.46. The van der Waals surface area contributed by atoms with Crippen LogP contribution >= 0.6 is 27.3 Å². The number of aromatic nitrogens is 1. The van der Waals surface area contributed by atoms with Crippen LogP contribution in [0.4, 0.5) is 9.93 Å². The Hall–Kier alpha value is -1.14. The number of carbonyl (C=O) groups is 1. The van der Waals surface area contributed by atoms with Gasteiger partial charge < -0.3 is 4.74 Å². The Morgan fingerprint density at radius 1 is 1.44 bits per heavy atom. The molecule has 0 aliphatic heterocycles. The minimum absolute atomic E-state index is 0.486. The number of ether oxygens (including phenoxy) is 1. The molecule has 0 saturated heterocycles. The number of hydrogen-bond acceptors (Lipinski definition) is 4. The second-order valence-corrected chi connectivity index (χ2v) is 6.70. The van der Waals surface area contributed by atoms with Crippen molar-refractivity contribution in [2.75, 3.05) is 5.32 Å². The normalized spacial score (nSPS) is 11.6. The summed E-state index contributed by atoms with van der Waals surface area (Å²) in [6.07, 6.45) is -0.486. The van der Waals surface area contributed by atoms with E-state index >= 15 is 0 Å². The minimum Gasteiger partial charge on any atom is -0.444 e. The van der Waals surface area contributed by atoms with Crippen LogP contribution in [-0.2, 0) is 4.74 Å². The molecule has 0 fully saturated rings. The molecule has 0 radical (unpaired) electrons. The molecule has 96 valence electrons. The number of fused-ring (bicyclic) bond motifs is 1. The van der Waals surface area contributed by atoms with Crippen LogP contribution in [0.3, 0.4) is 0 Å². The molecule has 18 heavy (non-hydrogen) atoms. The fourth-order valence-electron chi connectivity index (χ4n) is 1.34. The van der Waals surface area contributed by atoms with Gasteiger partial charge in [0.25, 0.3) is 0 Å². The quantitative estimate of drug-likeness (QED) is 0.843. The van der Waals surface area contributed by atoms with Crippen LogP contribution in [0.1, 0.15) is 20.8 Å². The second-order valence-electron chi connectivity index (χ2n) is 4.76. The number of anilines is 1. The highest BCUT2D eigenvalue weighted by molar-refractivity contribution is 9.10. The van der Waals surface area contributed by atoms with Crippen molar-refractivity contribution in [1.29, 1.82) is 0 Å². The summed E-state index contributed by atoms with van der Waals surface area (Å²) in [5.41, 5.74) is 0.337. The van der Waals surface area contributed by atoms with Gasteiger partial charge in [0.2, 0.25) is 0 Å². The van der Waals surface area contributed by atoms with Gasteiger partial charge in [0.1, 0.15) is 5.60 Å². The molecule has 1 aromatic carbocycles. The van der Waals surface area contributed by atoms with Crippen molar-refractivity contribution in [3.05, 3.63) is 22.7 Å². The highest BCUT2D eigenvalue weighted by atomic mass is 79.9. The predicted octanol–water partition coefficient (Wildman–Crippen LogP) is 4.41. The molecular formula is C12H13BrN2O2S. The maximum atomic E-state index is 11.6. The molecule has 0 spiro atoms. The second kappa shape index (κ2) is 4.85. The largest absolute Gasteiger partial charge is 0.444 e. The maximum Gasteiger partial charge on any atom is 0.413 e. The molecule has 6 heteroatoms. The Labute approximate surface area is 117 Å². The van der Waals surface area contributed by atoms with Gasteiger partial charge in [-0.2, -0.15) is 0 Å². The van der Waals surface area contributed by atoms with Gasteiger partial charge in [-0.15, -0.1) is 0 Å². The van der Waals surface area contributed by atoms with Crippen molar-refractivity contribution in [2.45, 2.75) is 26.4 Å². The van der Waals surface area contributed by atoms with E-state index in [1.807, 2.05) is 39.0 Å². The number of thiazole rings is 1. The third kappa shape index (κ3) is 3.43. The number of halogens is 1. The average Bonchev–Trinajstić information content (AvgIpc) is 2.55. The third-order valence-corrected chi connectivity index (χ3v) is 3.40. The Kier molecular flexibility index (Phi) is 3.59. The summed E-state index contributed by atoms with van der Waals surface area (Å²) in [4.78, 5) is 15.9. The van der Waals surface area contributed by atoms with Crippen molar-refractivity contribution < 1.29 is 9.53 Å². The Morgan fingerprint density at radius 3 is 2.83 bits per heavy atom. The van der Waals surface area contributed by atoms with E-state index < -0.39 is 11.7 Å². The van der Waals surface area contributed by atoms with E-state index in [1.165, 1.54) is 11.3 Å². The zero-order chi connectivity index (χ0) is 13.3. The molecule has 0 unspecified atom stereocenters. The smallest absolute Gasteiger partial charge is 0.413 e. The number of nitrogens with one attached hydrogen (secondary N) is 1. The number of benzene rings is 1. The molecule has 1 N–H and O–H groups in total. The number of hydrogen-bond donors (Lipinski definition) is 1. The van der Waals surface area contributed by atoms with Crippen molar-refractivity contribution in [2.24, 2.45) is 0 Å². The highest BCUT2D eigenvalue weighted by Crippen LogP contribution is 2.28. The van der Waals surface area contributed by atoms with Crippen LogP contribution in [0.2, 0.25) is 0 Å². The molecule has 0 atom stereocenters. The van der Waals surface area contributed by atoms with Crippen molar-refractivity contribution in [3.8, 4) is 0 Å². The van der Waals surface area contributed by atoms with Crippen LogP contribution < -0.4 is 5.32 Å². The molecule has 4 nitrogen and oxygen atoms in total. The topological polar surface area (TPSA) is 51.2 Å². The molecule has 1 aromatic heterocycles. The van der Waals surface area contributed by atoms with Gasteiger partial charge in [0.05, 0.1) is 10.2 Å². The van der Waals surface area contributed by atoms with Gasteiger partial charge in [-0.05, 0) is 39.0 Å². The molecule has 2 aromatic rings. The van der Waals surface area contributed by atoms with Crippen LogP contribution in [0, 0.1) is 0 Å². The molecule has 1 amide bonds. The van der Waals surface area contributed by atoms with Crippen molar-refractivity contribution >= 4 is 48.7 Å². The monoisotopic (exact) mass is 328 g/mol. The van der Waals surface area contributed by atoms with Crippen LogP contribution in [0.25, 0.3) is 10.2 Å². The van der Waals surface area contributed by atoms with E-state index in [4.69, 9.17) is 4.74 Å². The standard InChI is InChI=1S/C12H13BrN2O2S/c1-12(2,3)17-11(16)15-10-14-8-6-7(13)4-5-9(8)18-10/h4-6H,1-3H3,(H,14,15,16). The summed E-state index contributed by atoms with van der Waals surface area (Å²) in [5.74, 6) is 0. The summed E-state index contributed by atoms with van der Waals surface area (Å²) in [5, 5.41) is 3.18. The minimum atomic E-state index is -0.510. The lowest BCUT2D eigenvalue weighted by molar-refractivity contribution is 0.0636. The van der Waals surface area contributed by atoms with Crippen LogP contribution in [0.5, 0.6) is 0 Å². The Bertz CT molecular complexity index is 589. The lowest BCUT2D eigenvalue weighted by Crippen LogP contribution is -2.27. The van der Waals surface area contributed by atoms with Gasteiger partial charge in [0.15, 0.2) is 5.13 Å². The molecular weight excluding hydrogens is 316 g/mol. The average molecular weight is 329 g/mol. The number of rotatable bonds is 1. The van der Waals surface area contributed by atoms with E-state index in [9.17, 15) is 4.79 Å². The number of amides is 1. The van der Waals surface area contributed by atoms with E-state index in [0.717, 1.165) is 14.7 Å². The van der Waals surface area contributed by atoms with Gasteiger partial charge in [-0.1, -0.05) is 27.3 Å². The van der Waals surface area contributed by atoms with Gasteiger partial charge in [-0.3, -0.25) is 5.32 Å². The molecule has 2 rings (SSSR count). The molecule has 0 aliphatic rings. The molecule has 0 bridgehead atoms. The fraction of sp³-hybridized carbons (Fsp3) is 0.333. The number of nitrogens with zero attached hydrogens (tertiary/aromatic N) is 1. The van der Waals surface area contributed by atoms with Crippen molar-refractivity contribution in [3.63, 3.8) is 0 Å². The Morgan fingerprint density at radius 2 is 2.17 bits per heavy atom. The first-order chi connectivity index (χ1) is 8.33. The summed E-state index contributed by atoms with van der Waals surface area (Å²) in [6, 6.07) is 5.81. The molecule has 0 saturated carbocycles. The lowest BCUT2D eigenvalue weighted by atomic mass is 10.2. The Balaban J connectivity index is 2.15.